The van der Waals surface area contributed by atoms with E-state index in [-0.39, 0.29) is 5.66 Å². The topological polar surface area (TPSA) is 113 Å². The molecule has 6 N–H and O–H groups in total. The van der Waals surface area contributed by atoms with Crippen LogP contribution in [0.4, 0.5) is 0 Å². The summed E-state index contributed by atoms with van der Waals surface area (Å²) in [4.78, 5) is 0. The van der Waals surface area contributed by atoms with Gasteiger partial charge in [0, 0.05) is 43.9 Å². The van der Waals surface area contributed by atoms with Gasteiger partial charge in [-0.3, -0.25) is 0 Å². The van der Waals surface area contributed by atoms with Crippen LogP contribution in [0.25, 0.3) is 0 Å². The maximum Gasteiger partial charge on any atom is 0.100 e. The second-order valence-corrected chi connectivity index (χ2v) is 7.33. The van der Waals surface area contributed by atoms with Gasteiger partial charge in [0.2, 0.25) is 0 Å². The summed E-state index contributed by atoms with van der Waals surface area (Å²) in [6.07, 6.45) is 5.42. The van der Waals surface area contributed by atoms with Crippen molar-refractivity contribution in [2.45, 2.75) is 49.9 Å². The van der Waals surface area contributed by atoms with Crippen LogP contribution in [-0.4, -0.2) is 54.8 Å². The van der Waals surface area contributed by atoms with Crippen LogP contribution in [0.15, 0.2) is 5.16 Å². The predicted octanol–water partition coefficient (Wildman–Crippen LogP) is -0.650. The monoisotopic (exact) mass is 308 g/mol. The zero-order valence-corrected chi connectivity index (χ0v) is 13.1. The maximum atomic E-state index is 9.04. The van der Waals surface area contributed by atoms with Crippen LogP contribution in [-0.2, 0) is 0 Å². The van der Waals surface area contributed by atoms with Crippen molar-refractivity contribution < 1.29 is 5.21 Å². The summed E-state index contributed by atoms with van der Waals surface area (Å²) in [5.74, 6) is 1.39. The van der Waals surface area contributed by atoms with Gasteiger partial charge in [0.05, 0.1) is 5.71 Å². The Kier molecular flexibility index (Phi) is 4.08. The molecule has 0 aromatic heterocycles. The Bertz CT molecular complexity index is 432. The Balaban J connectivity index is 1.41. The first-order valence-electron chi connectivity index (χ1n) is 8.72. The van der Waals surface area contributed by atoms with Crippen molar-refractivity contribution in [1.82, 2.24) is 26.8 Å². The smallest absolute Gasteiger partial charge is 0.100 e. The molecule has 7 heteroatoms. The summed E-state index contributed by atoms with van der Waals surface area (Å²) >= 11 is 0. The van der Waals surface area contributed by atoms with Crippen molar-refractivity contribution in [2.24, 2.45) is 17.0 Å². The minimum absolute atomic E-state index is 0.120. The van der Waals surface area contributed by atoms with E-state index in [1.807, 2.05) is 0 Å². The first-order chi connectivity index (χ1) is 10.8. The van der Waals surface area contributed by atoms with Crippen LogP contribution in [0.5, 0.6) is 0 Å². The molecule has 4 aliphatic heterocycles. The molecule has 0 amide bonds. The molecule has 0 aromatic carbocycles. The molecule has 7 nitrogen and oxygen atoms in total. The number of nitrogens with one attached hydrogen (secondary N) is 5. The highest BCUT2D eigenvalue weighted by Gasteiger charge is 2.55. The highest BCUT2D eigenvalue weighted by atomic mass is 16.4. The van der Waals surface area contributed by atoms with E-state index in [4.69, 9.17) is 5.21 Å². The van der Waals surface area contributed by atoms with Crippen LogP contribution in [0.1, 0.15) is 32.1 Å². The molecule has 4 aliphatic rings. The second kappa shape index (κ2) is 6.05. The van der Waals surface area contributed by atoms with Crippen molar-refractivity contribution in [2.75, 3.05) is 26.2 Å². The lowest BCUT2D eigenvalue weighted by molar-refractivity contribution is 0.133. The Labute approximate surface area is 131 Å². The highest BCUT2D eigenvalue weighted by molar-refractivity contribution is 5.85. The first-order valence-corrected chi connectivity index (χ1v) is 8.72. The molecule has 22 heavy (non-hydrogen) atoms. The third-order valence-corrected chi connectivity index (χ3v) is 6.03. The SMILES string of the molecule is O/N=C1\CCNC(C2CC3(NN3)C(C3CCCNC3)CN2)C1. The molecule has 0 saturated carbocycles. The lowest BCUT2D eigenvalue weighted by Crippen LogP contribution is -2.61. The highest BCUT2D eigenvalue weighted by Crippen LogP contribution is 2.39. The van der Waals surface area contributed by atoms with Crippen molar-refractivity contribution >= 4 is 5.71 Å². The van der Waals surface area contributed by atoms with Crippen LogP contribution in [0.3, 0.4) is 0 Å². The standard InChI is InChI=1S/C15H28N6O/c22-19-11-3-5-17-13(6-11)14-7-15(20-21-15)12(9-18-14)10-2-1-4-16-8-10/h10,12-14,16-18,20-22H,1-9H2/b19-11+. The van der Waals surface area contributed by atoms with Gasteiger partial charge in [0.15, 0.2) is 0 Å². The van der Waals surface area contributed by atoms with Crippen LogP contribution in [0, 0.1) is 11.8 Å². The van der Waals surface area contributed by atoms with Gasteiger partial charge in [0.1, 0.15) is 5.66 Å². The molecule has 4 fully saturated rings. The van der Waals surface area contributed by atoms with Gasteiger partial charge in [0.25, 0.3) is 0 Å². The molecule has 4 saturated heterocycles. The van der Waals surface area contributed by atoms with E-state index in [1.54, 1.807) is 0 Å². The fourth-order valence-electron chi connectivity index (χ4n) is 4.67. The van der Waals surface area contributed by atoms with E-state index in [9.17, 15) is 0 Å². The van der Waals surface area contributed by atoms with Gasteiger partial charge in [-0.25, -0.2) is 10.9 Å². The first kappa shape index (κ1) is 14.8. The number of nitrogens with zero attached hydrogens (tertiary/aromatic N) is 1. The summed E-state index contributed by atoms with van der Waals surface area (Å²) < 4.78 is 0. The van der Waals surface area contributed by atoms with E-state index >= 15 is 0 Å². The molecule has 1 spiro atoms. The Hall–Kier alpha value is -0.730. The molecule has 124 valence electrons. The molecule has 4 unspecified atom stereocenters. The van der Waals surface area contributed by atoms with E-state index in [2.05, 4.69) is 32.0 Å². The summed E-state index contributed by atoms with van der Waals surface area (Å²) in [7, 11) is 0. The largest absolute Gasteiger partial charge is 0.411 e. The second-order valence-electron chi connectivity index (χ2n) is 7.33. The van der Waals surface area contributed by atoms with Crippen molar-refractivity contribution in [3.8, 4) is 0 Å². The number of piperidine rings is 3. The average Bonchev–Trinajstić information content (AvgIpc) is 3.35. The van der Waals surface area contributed by atoms with Crippen LogP contribution >= 0.6 is 0 Å². The zero-order valence-electron chi connectivity index (χ0n) is 13.1. The van der Waals surface area contributed by atoms with E-state index in [1.165, 1.54) is 19.4 Å². The Morgan fingerprint density at radius 1 is 1.09 bits per heavy atom. The van der Waals surface area contributed by atoms with Crippen LogP contribution < -0.4 is 26.8 Å². The van der Waals surface area contributed by atoms with E-state index in [0.717, 1.165) is 50.5 Å². The van der Waals surface area contributed by atoms with Crippen LogP contribution in [0.2, 0.25) is 0 Å². The lowest BCUT2D eigenvalue weighted by atomic mass is 9.73. The number of hydrazine groups is 1. The fourth-order valence-corrected chi connectivity index (χ4v) is 4.67. The number of hydrogen-bond donors (Lipinski definition) is 6. The van der Waals surface area contributed by atoms with Gasteiger partial charge in [-0.2, -0.15) is 0 Å². The third-order valence-electron chi connectivity index (χ3n) is 6.03. The molecule has 4 rings (SSSR count). The third kappa shape index (κ3) is 2.76. The van der Waals surface area contributed by atoms with E-state index < -0.39 is 0 Å². The average molecular weight is 308 g/mol. The molecule has 0 radical (unpaired) electrons. The molecule has 4 heterocycles. The van der Waals surface area contributed by atoms with Gasteiger partial charge in [-0.1, -0.05) is 5.16 Å². The van der Waals surface area contributed by atoms with Crippen molar-refractivity contribution in [3.05, 3.63) is 0 Å². The zero-order chi connectivity index (χ0) is 15.0. The number of rotatable bonds is 2. The predicted molar refractivity (Wildman–Crippen MR) is 84.7 cm³/mol. The van der Waals surface area contributed by atoms with Gasteiger partial charge in [-0.05, 0) is 38.3 Å². The number of hydrogen-bond acceptors (Lipinski definition) is 7. The van der Waals surface area contributed by atoms with Crippen molar-refractivity contribution in [1.29, 1.82) is 0 Å². The fraction of sp³-hybridized carbons (Fsp3) is 0.933. The van der Waals surface area contributed by atoms with Gasteiger partial charge >= 0.3 is 0 Å². The lowest BCUT2D eigenvalue weighted by Gasteiger charge is -2.44. The minimum Gasteiger partial charge on any atom is -0.411 e. The molecule has 0 aliphatic carbocycles. The number of oxime groups is 1. The summed E-state index contributed by atoms with van der Waals surface area (Å²) in [5, 5.41) is 23.4. The Morgan fingerprint density at radius 2 is 2.00 bits per heavy atom. The normalized spacial score (nSPS) is 43.4. The van der Waals surface area contributed by atoms with Crippen molar-refractivity contribution in [3.63, 3.8) is 0 Å². The molecule has 4 atom stereocenters. The Morgan fingerprint density at radius 3 is 2.73 bits per heavy atom. The molecule has 0 bridgehead atoms. The minimum atomic E-state index is 0.120. The maximum absolute atomic E-state index is 9.04. The van der Waals surface area contributed by atoms with Gasteiger partial charge < -0.3 is 21.2 Å². The summed E-state index contributed by atoms with van der Waals surface area (Å²) in [6.45, 7) is 4.28. The quantitative estimate of drug-likeness (QED) is 0.230. The molecular formula is C15H28N6O. The summed E-state index contributed by atoms with van der Waals surface area (Å²) in [5.41, 5.74) is 7.98. The summed E-state index contributed by atoms with van der Waals surface area (Å²) in [6, 6.07) is 0.790. The van der Waals surface area contributed by atoms with E-state index in [0.29, 0.717) is 18.0 Å². The molecule has 0 aromatic rings. The molecular weight excluding hydrogens is 280 g/mol. The van der Waals surface area contributed by atoms with Gasteiger partial charge in [-0.15, -0.1) is 0 Å².